The van der Waals surface area contributed by atoms with Crippen LogP contribution in [0.25, 0.3) is 0 Å². The number of phenols is 2. The molecule has 8 bridgehead atoms. The van der Waals surface area contributed by atoms with E-state index in [-0.39, 0.29) is 30.1 Å². The van der Waals surface area contributed by atoms with E-state index in [4.69, 9.17) is 27.6 Å². The fourth-order valence-corrected chi connectivity index (χ4v) is 19.1. The summed E-state index contributed by atoms with van der Waals surface area (Å²) >= 11 is 0. The van der Waals surface area contributed by atoms with Crippen molar-refractivity contribution in [1.29, 1.82) is 0 Å². The van der Waals surface area contributed by atoms with E-state index >= 15 is 9.13 Å². The largest absolute Gasteiger partial charge is 0.508 e. The molecule has 0 spiro atoms. The first-order valence-electron chi connectivity index (χ1n) is 39.0. The quantitative estimate of drug-likeness (QED) is 0.0282. The standard InChI is InChI=1S/C85H118O10P2/c1-5-9-13-17-21-25-29-33-43-51-66-70-55-72-67(52-44-34-30-26-22-18-14-10-6-2)73-57-75-69(54-46-36-32-28-24-20-16-12-8-4)77-58-76-68(53-45-35-31-27-23-19-15-11-7-3)74-56-71(66)79(87)60-82(74)92-96(88,64-47-39-37-40-48-64)94-84(76)62-85(77)95-97(89,65-49-41-38-42-50-65)93-83(75)61-81(73)91-63-90-80(72)59-78(70)86/h37-42,47-50,55-62,66-69,86-87H,5-36,43-46,51-54,63H2,1-4H3/t66-,67+,68-,69+,96+,97-/m0/s1. The predicted octanol–water partition coefficient (Wildman–Crippen LogP) is 25.9. The Kier molecular flexibility index (Phi) is 29.0. The van der Waals surface area contributed by atoms with Crippen molar-refractivity contribution in [3.05, 3.63) is 154 Å². The Morgan fingerprint density at radius 1 is 0.289 bits per heavy atom. The van der Waals surface area contributed by atoms with Gasteiger partial charge in [0.1, 0.15) is 46.0 Å². The zero-order chi connectivity index (χ0) is 67.7. The molecule has 97 heavy (non-hydrogen) atoms. The summed E-state index contributed by atoms with van der Waals surface area (Å²) in [5.74, 6) is 1.27. The third kappa shape index (κ3) is 19.8. The lowest BCUT2D eigenvalue weighted by Gasteiger charge is -2.36. The first-order valence-corrected chi connectivity index (χ1v) is 42.1. The van der Waals surface area contributed by atoms with Gasteiger partial charge in [-0.1, -0.05) is 295 Å². The maximum atomic E-state index is 16.5. The minimum atomic E-state index is -4.37. The van der Waals surface area contributed by atoms with Crippen LogP contribution in [-0.2, 0) is 9.13 Å². The summed E-state index contributed by atoms with van der Waals surface area (Å²) < 4.78 is 74.9. The summed E-state index contributed by atoms with van der Waals surface area (Å²) in [6, 6.07) is 34.6. The number of benzene rings is 6. The number of ether oxygens (including phenoxy) is 2. The van der Waals surface area contributed by atoms with Gasteiger partial charge in [0.15, 0.2) is 0 Å². The van der Waals surface area contributed by atoms with Crippen LogP contribution in [0, 0.1) is 0 Å². The Hall–Kier alpha value is -5.82. The van der Waals surface area contributed by atoms with Gasteiger partial charge in [0, 0.05) is 92.4 Å². The third-order valence-electron chi connectivity index (χ3n) is 21.4. The summed E-state index contributed by atoms with van der Waals surface area (Å²) in [5, 5.41) is 26.6. The van der Waals surface area contributed by atoms with Gasteiger partial charge in [-0.15, -0.1) is 0 Å². The molecule has 6 aromatic rings. The molecule has 528 valence electrons. The number of hydrogen-bond acceptors (Lipinski definition) is 10. The minimum Gasteiger partial charge on any atom is -0.508 e. The molecule has 0 saturated heterocycles. The molecule has 6 atom stereocenters. The molecule has 10 nitrogen and oxygen atoms in total. The SMILES string of the molecule is CCCCCCCCCCC[C@H]1c2cc3c(cc2O)OCOc2cc4c(cc2[C@@H]3CCCCCCCCCCC)[C@@H](CCCCCCCCCCC)c2cc3c(cc2O[P@](=O)(c2ccccc2)O4)O[P@@](=O)(c2ccccc2)Oc2cc(O)c1cc2[C@@H]3CCCCCCCCCCC. The maximum Gasteiger partial charge on any atom is 0.462 e. The van der Waals surface area contributed by atoms with Crippen LogP contribution in [0.2, 0.25) is 0 Å². The maximum absolute atomic E-state index is 16.5. The first kappa shape index (κ1) is 73.9. The van der Waals surface area contributed by atoms with Gasteiger partial charge in [0.25, 0.3) is 0 Å². The zero-order valence-electron chi connectivity index (χ0n) is 59.7. The van der Waals surface area contributed by atoms with Crippen LogP contribution >= 0.6 is 15.2 Å². The second kappa shape index (κ2) is 38.1. The molecular weight excluding hydrogens is 1240 g/mol. The van der Waals surface area contributed by atoms with E-state index in [1.165, 1.54) is 154 Å². The molecule has 10 rings (SSSR count). The number of rotatable bonds is 42. The van der Waals surface area contributed by atoms with E-state index in [9.17, 15) is 10.2 Å². The van der Waals surface area contributed by atoms with Crippen LogP contribution in [0.3, 0.4) is 0 Å². The lowest BCUT2D eigenvalue weighted by molar-refractivity contribution is 0.113. The summed E-state index contributed by atoms with van der Waals surface area (Å²) in [7, 11) is -8.70. The molecule has 0 radical (unpaired) electrons. The number of fused-ring (bicyclic) bond motifs is 2. The normalized spacial score (nSPS) is 19.6. The molecule has 3 aliphatic heterocycles. The topological polar surface area (TPSA) is 130 Å². The van der Waals surface area contributed by atoms with Gasteiger partial charge in [-0.05, 0) is 74.2 Å². The van der Waals surface area contributed by atoms with Crippen LogP contribution in [-0.4, -0.2) is 17.0 Å². The fourth-order valence-electron chi connectivity index (χ4n) is 15.9. The zero-order valence-corrected chi connectivity index (χ0v) is 61.5. The molecule has 0 unspecified atom stereocenters. The first-order chi connectivity index (χ1) is 47.6. The van der Waals surface area contributed by atoms with Crippen molar-refractivity contribution in [2.75, 3.05) is 6.79 Å². The Morgan fingerprint density at radius 2 is 0.515 bits per heavy atom. The molecule has 0 aromatic heterocycles. The van der Waals surface area contributed by atoms with Crippen molar-refractivity contribution in [2.45, 2.75) is 308 Å². The van der Waals surface area contributed by atoms with Crippen LogP contribution in [0.5, 0.6) is 46.0 Å². The van der Waals surface area contributed by atoms with Gasteiger partial charge >= 0.3 is 15.2 Å². The van der Waals surface area contributed by atoms with Crippen LogP contribution < -0.4 is 38.2 Å². The molecule has 12 heteroatoms. The van der Waals surface area contributed by atoms with E-state index in [0.717, 1.165) is 129 Å². The highest BCUT2D eigenvalue weighted by Crippen LogP contribution is 2.62. The average molecular weight is 1360 g/mol. The third-order valence-corrected chi connectivity index (χ3v) is 25.0. The Morgan fingerprint density at radius 3 is 0.825 bits per heavy atom. The molecule has 0 amide bonds. The smallest absolute Gasteiger partial charge is 0.462 e. The van der Waals surface area contributed by atoms with Crippen molar-refractivity contribution < 1.29 is 46.9 Å². The van der Waals surface area contributed by atoms with Crippen LogP contribution in [0.1, 0.15) is 353 Å². The summed E-state index contributed by atoms with van der Waals surface area (Å²) in [5.41, 5.74) is 6.79. The van der Waals surface area contributed by atoms with Crippen LogP contribution in [0.15, 0.2) is 109 Å². The van der Waals surface area contributed by atoms with Gasteiger partial charge < -0.3 is 37.8 Å². The van der Waals surface area contributed by atoms with E-state index in [0.29, 0.717) is 63.5 Å². The number of aromatic hydroxyl groups is 2. The molecule has 0 fully saturated rings. The molecule has 0 saturated carbocycles. The Bertz CT molecular complexity index is 3470. The number of unbranched alkanes of at least 4 members (excludes halogenated alkanes) is 32. The summed E-state index contributed by atoms with van der Waals surface area (Å²) in [4.78, 5) is 0. The molecule has 1 aliphatic carbocycles. The van der Waals surface area contributed by atoms with E-state index in [2.05, 4.69) is 52.0 Å². The minimum absolute atomic E-state index is 0.0110. The lowest BCUT2D eigenvalue weighted by Crippen LogP contribution is -2.22. The van der Waals surface area contributed by atoms with Crippen LogP contribution in [0.4, 0.5) is 0 Å². The Labute approximate surface area is 584 Å². The highest BCUT2D eigenvalue weighted by atomic mass is 31.2. The van der Waals surface area contributed by atoms with Crippen molar-refractivity contribution >= 4 is 25.8 Å². The fraction of sp³-hybridized carbons (Fsp3) is 0.576. The second-order valence-electron chi connectivity index (χ2n) is 28.9. The highest BCUT2D eigenvalue weighted by molar-refractivity contribution is 7.63. The van der Waals surface area contributed by atoms with E-state index in [1.54, 1.807) is 30.3 Å². The van der Waals surface area contributed by atoms with Gasteiger partial charge in [-0.3, -0.25) is 0 Å². The van der Waals surface area contributed by atoms with Gasteiger partial charge in [-0.2, -0.15) is 0 Å². The molecule has 4 aliphatic rings. The van der Waals surface area contributed by atoms with Gasteiger partial charge in [-0.25, -0.2) is 9.13 Å². The average Bonchev–Trinajstić information content (AvgIpc) is 0.738. The number of phenolic OH excluding ortho intramolecular Hbond substituents is 2. The summed E-state index contributed by atoms with van der Waals surface area (Å²) in [6.45, 7) is 8.95. The van der Waals surface area contributed by atoms with E-state index in [1.807, 2.05) is 54.6 Å². The van der Waals surface area contributed by atoms with Crippen molar-refractivity contribution in [3.8, 4) is 46.0 Å². The summed E-state index contributed by atoms with van der Waals surface area (Å²) in [6.07, 6.45) is 45.0. The van der Waals surface area contributed by atoms with Crippen molar-refractivity contribution in [2.24, 2.45) is 0 Å². The lowest BCUT2D eigenvalue weighted by atomic mass is 9.76. The monoisotopic (exact) mass is 1360 g/mol. The highest BCUT2D eigenvalue weighted by Gasteiger charge is 2.44. The van der Waals surface area contributed by atoms with Crippen molar-refractivity contribution in [3.63, 3.8) is 0 Å². The molecule has 6 aromatic carbocycles. The number of hydrogen-bond donors (Lipinski definition) is 2. The Balaban J connectivity index is 1.21. The molecular formula is C85H118O10P2. The molecule has 2 N–H and O–H groups in total. The van der Waals surface area contributed by atoms with Crippen molar-refractivity contribution in [1.82, 2.24) is 0 Å². The predicted molar refractivity (Wildman–Crippen MR) is 400 cm³/mol. The van der Waals surface area contributed by atoms with Gasteiger partial charge in [0.2, 0.25) is 6.79 Å². The van der Waals surface area contributed by atoms with E-state index < -0.39 is 27.0 Å². The van der Waals surface area contributed by atoms with Gasteiger partial charge in [0.05, 0.1) is 10.6 Å². The second-order valence-corrected chi connectivity index (χ2v) is 32.6. The molecule has 3 heterocycles.